The highest BCUT2D eigenvalue weighted by Gasteiger charge is 2.61. The SMILES string of the molecule is CCC1=NO[C@H]2C[C@]3(C[C@@H]12)NC(=O)N(c1ccccc1)C3=O. The third-order valence-electron chi connectivity index (χ3n) is 4.84. The zero-order valence-electron chi connectivity index (χ0n) is 12.3. The van der Waals surface area contributed by atoms with Crippen LogP contribution in [0.5, 0.6) is 0 Å². The average Bonchev–Trinajstić information content (AvgIpc) is 3.12. The smallest absolute Gasteiger partial charge is 0.329 e. The van der Waals surface area contributed by atoms with Gasteiger partial charge in [0.2, 0.25) is 0 Å². The van der Waals surface area contributed by atoms with Crippen molar-refractivity contribution in [3.05, 3.63) is 30.3 Å². The van der Waals surface area contributed by atoms with Gasteiger partial charge in [0.25, 0.3) is 5.91 Å². The van der Waals surface area contributed by atoms with E-state index in [0.717, 1.165) is 12.1 Å². The third kappa shape index (κ3) is 1.70. The summed E-state index contributed by atoms with van der Waals surface area (Å²) >= 11 is 0. The number of nitrogens with zero attached hydrogens (tertiary/aromatic N) is 2. The van der Waals surface area contributed by atoms with Crippen LogP contribution in [-0.4, -0.2) is 29.3 Å². The predicted octanol–water partition coefficient (Wildman–Crippen LogP) is 2.06. The number of carbonyl (C=O) groups is 2. The summed E-state index contributed by atoms with van der Waals surface area (Å²) in [6.07, 6.45) is 1.76. The Hall–Kier alpha value is -2.37. The van der Waals surface area contributed by atoms with Gasteiger partial charge in [-0.25, -0.2) is 9.69 Å². The summed E-state index contributed by atoms with van der Waals surface area (Å²) in [5.41, 5.74) is 0.741. The molecule has 22 heavy (non-hydrogen) atoms. The van der Waals surface area contributed by atoms with Crippen molar-refractivity contribution in [1.82, 2.24) is 5.32 Å². The zero-order valence-corrected chi connectivity index (χ0v) is 12.3. The molecule has 2 heterocycles. The molecular weight excluding hydrogens is 282 g/mol. The van der Waals surface area contributed by atoms with Crippen LogP contribution in [0.25, 0.3) is 0 Å². The van der Waals surface area contributed by atoms with E-state index in [2.05, 4.69) is 10.5 Å². The number of hydrogen-bond donors (Lipinski definition) is 1. The molecule has 4 rings (SSSR count). The molecule has 3 aliphatic rings. The Morgan fingerprint density at radius 1 is 1.32 bits per heavy atom. The third-order valence-corrected chi connectivity index (χ3v) is 4.84. The summed E-state index contributed by atoms with van der Waals surface area (Å²) in [4.78, 5) is 32.0. The monoisotopic (exact) mass is 299 g/mol. The number of amides is 3. The molecule has 1 aromatic rings. The van der Waals surface area contributed by atoms with Crippen LogP contribution in [0.1, 0.15) is 26.2 Å². The summed E-state index contributed by atoms with van der Waals surface area (Å²) in [7, 11) is 0. The number of benzene rings is 1. The Morgan fingerprint density at radius 2 is 2.09 bits per heavy atom. The van der Waals surface area contributed by atoms with Crippen LogP contribution in [0.2, 0.25) is 0 Å². The van der Waals surface area contributed by atoms with Crippen LogP contribution < -0.4 is 10.2 Å². The minimum Gasteiger partial charge on any atom is -0.392 e. The molecule has 1 saturated heterocycles. The minimum atomic E-state index is -0.849. The van der Waals surface area contributed by atoms with Gasteiger partial charge in [0.15, 0.2) is 0 Å². The van der Waals surface area contributed by atoms with Crippen LogP contribution in [0, 0.1) is 5.92 Å². The highest BCUT2D eigenvalue weighted by atomic mass is 16.6. The standard InChI is InChI=1S/C16H17N3O3/c1-2-12-11-8-16(9-13(11)22-18-12)14(20)19(15(21)17-16)10-6-4-3-5-7-10/h3-7,11,13H,2,8-9H2,1H3,(H,17,21)/t11-,13-,16-/m0/s1. The van der Waals surface area contributed by atoms with E-state index in [-0.39, 0.29) is 24.0 Å². The summed E-state index contributed by atoms with van der Waals surface area (Å²) in [5.74, 6) is -0.0536. The number of anilines is 1. The maximum absolute atomic E-state index is 12.9. The van der Waals surface area contributed by atoms with E-state index in [1.807, 2.05) is 25.1 Å². The molecule has 1 N–H and O–H groups in total. The molecule has 1 aliphatic carbocycles. The quantitative estimate of drug-likeness (QED) is 0.850. The molecular formula is C16H17N3O3. The van der Waals surface area contributed by atoms with Crippen LogP contribution in [0.15, 0.2) is 35.5 Å². The van der Waals surface area contributed by atoms with Crippen molar-refractivity contribution < 1.29 is 14.4 Å². The zero-order chi connectivity index (χ0) is 15.3. The maximum atomic E-state index is 12.9. The van der Waals surface area contributed by atoms with Gasteiger partial charge in [0, 0.05) is 12.3 Å². The molecule has 6 nitrogen and oxygen atoms in total. The van der Waals surface area contributed by atoms with E-state index in [1.165, 1.54) is 4.90 Å². The van der Waals surface area contributed by atoms with Crippen molar-refractivity contribution in [2.45, 2.75) is 37.8 Å². The number of urea groups is 1. The Bertz CT molecular complexity index is 672. The fourth-order valence-corrected chi connectivity index (χ4v) is 3.76. The molecule has 1 aromatic carbocycles. The Balaban J connectivity index is 1.65. The Morgan fingerprint density at radius 3 is 2.82 bits per heavy atom. The number of fused-ring (bicyclic) bond motifs is 1. The van der Waals surface area contributed by atoms with Gasteiger partial charge in [-0.15, -0.1) is 0 Å². The molecule has 1 saturated carbocycles. The second kappa shape index (κ2) is 4.56. The first-order chi connectivity index (χ1) is 10.6. The summed E-state index contributed by atoms with van der Waals surface area (Å²) in [5, 5.41) is 7.00. The largest absolute Gasteiger partial charge is 0.392 e. The molecule has 2 aliphatic heterocycles. The number of imide groups is 1. The average molecular weight is 299 g/mol. The normalized spacial score (nSPS) is 33.0. The highest BCUT2D eigenvalue weighted by molar-refractivity contribution is 6.23. The lowest BCUT2D eigenvalue weighted by Gasteiger charge is -2.21. The number of rotatable bonds is 2. The van der Waals surface area contributed by atoms with Gasteiger partial charge in [-0.3, -0.25) is 4.79 Å². The maximum Gasteiger partial charge on any atom is 0.329 e. The van der Waals surface area contributed by atoms with Crippen LogP contribution in [0.3, 0.4) is 0 Å². The molecule has 2 fully saturated rings. The van der Waals surface area contributed by atoms with Crippen molar-refractivity contribution in [2.24, 2.45) is 11.1 Å². The van der Waals surface area contributed by atoms with Crippen LogP contribution in [0.4, 0.5) is 10.5 Å². The van der Waals surface area contributed by atoms with Crippen molar-refractivity contribution in [3.63, 3.8) is 0 Å². The molecule has 0 unspecified atom stereocenters. The van der Waals surface area contributed by atoms with Gasteiger partial charge in [0.05, 0.1) is 11.4 Å². The van der Waals surface area contributed by atoms with Gasteiger partial charge in [-0.05, 0) is 25.0 Å². The van der Waals surface area contributed by atoms with E-state index in [4.69, 9.17) is 4.84 Å². The summed E-state index contributed by atoms with van der Waals surface area (Å²) in [6, 6.07) is 8.66. The lowest BCUT2D eigenvalue weighted by atomic mass is 9.93. The van der Waals surface area contributed by atoms with E-state index in [1.54, 1.807) is 12.1 Å². The van der Waals surface area contributed by atoms with Gasteiger partial charge in [0.1, 0.15) is 11.6 Å². The fourth-order valence-electron chi connectivity index (χ4n) is 3.76. The van der Waals surface area contributed by atoms with Gasteiger partial charge >= 0.3 is 6.03 Å². The second-order valence-corrected chi connectivity index (χ2v) is 6.08. The van der Waals surface area contributed by atoms with Crippen molar-refractivity contribution in [2.75, 3.05) is 4.90 Å². The topological polar surface area (TPSA) is 71.0 Å². The van der Waals surface area contributed by atoms with E-state index in [9.17, 15) is 9.59 Å². The van der Waals surface area contributed by atoms with Crippen molar-refractivity contribution in [3.8, 4) is 0 Å². The number of carbonyl (C=O) groups excluding carboxylic acids is 2. The second-order valence-electron chi connectivity index (χ2n) is 6.08. The van der Waals surface area contributed by atoms with E-state index in [0.29, 0.717) is 18.5 Å². The Labute approximate surface area is 128 Å². The van der Waals surface area contributed by atoms with Crippen molar-refractivity contribution in [1.29, 1.82) is 0 Å². The number of para-hydroxylation sites is 1. The first-order valence-corrected chi connectivity index (χ1v) is 7.59. The first kappa shape index (κ1) is 13.3. The van der Waals surface area contributed by atoms with Crippen LogP contribution >= 0.6 is 0 Å². The summed E-state index contributed by atoms with van der Waals surface area (Å²) in [6.45, 7) is 2.03. The molecule has 0 radical (unpaired) electrons. The van der Waals surface area contributed by atoms with E-state index < -0.39 is 5.54 Å². The van der Waals surface area contributed by atoms with E-state index >= 15 is 0 Å². The fraction of sp³-hybridized carbons (Fsp3) is 0.438. The number of oxime groups is 1. The molecule has 0 aromatic heterocycles. The lowest BCUT2D eigenvalue weighted by molar-refractivity contribution is -0.122. The predicted molar refractivity (Wildman–Crippen MR) is 80.5 cm³/mol. The van der Waals surface area contributed by atoms with Crippen molar-refractivity contribution >= 4 is 23.3 Å². The van der Waals surface area contributed by atoms with Crippen LogP contribution in [-0.2, 0) is 9.63 Å². The van der Waals surface area contributed by atoms with Gasteiger partial charge in [-0.1, -0.05) is 30.3 Å². The lowest BCUT2D eigenvalue weighted by Crippen LogP contribution is -2.45. The molecule has 0 bridgehead atoms. The highest BCUT2D eigenvalue weighted by Crippen LogP contribution is 2.45. The Kier molecular flexibility index (Phi) is 2.76. The molecule has 3 amide bonds. The number of nitrogens with one attached hydrogen (secondary N) is 1. The first-order valence-electron chi connectivity index (χ1n) is 7.59. The van der Waals surface area contributed by atoms with Gasteiger partial charge < -0.3 is 10.2 Å². The molecule has 114 valence electrons. The number of hydrogen-bond acceptors (Lipinski definition) is 4. The van der Waals surface area contributed by atoms with Gasteiger partial charge in [-0.2, -0.15) is 0 Å². The summed E-state index contributed by atoms with van der Waals surface area (Å²) < 4.78 is 0. The molecule has 1 spiro atoms. The molecule has 6 heteroatoms. The molecule has 3 atom stereocenters. The minimum absolute atomic E-state index is 0.102.